The summed E-state index contributed by atoms with van der Waals surface area (Å²) in [6.45, 7) is 4.70. The lowest BCUT2D eigenvalue weighted by molar-refractivity contribution is -0.138. The number of nitrogens with one attached hydrogen (secondary N) is 1. The van der Waals surface area contributed by atoms with Crippen molar-refractivity contribution in [2.24, 2.45) is 0 Å². The molecule has 4 rings (SSSR count). The van der Waals surface area contributed by atoms with E-state index in [1.54, 1.807) is 17.9 Å². The van der Waals surface area contributed by atoms with Crippen LogP contribution in [0.2, 0.25) is 0 Å². The number of amides is 3. The first-order valence-corrected chi connectivity index (χ1v) is 12.0. The van der Waals surface area contributed by atoms with Gasteiger partial charge >= 0.3 is 0 Å². The van der Waals surface area contributed by atoms with Crippen LogP contribution in [0.5, 0.6) is 0 Å². The summed E-state index contributed by atoms with van der Waals surface area (Å²) >= 11 is 0. The zero-order valence-electron chi connectivity index (χ0n) is 19.8. The van der Waals surface area contributed by atoms with Gasteiger partial charge in [0.1, 0.15) is 12.6 Å². The van der Waals surface area contributed by atoms with Crippen LogP contribution >= 0.6 is 0 Å². The Balaban J connectivity index is 1.54. The second-order valence-electron chi connectivity index (χ2n) is 8.72. The van der Waals surface area contributed by atoms with E-state index in [2.05, 4.69) is 12.2 Å². The minimum absolute atomic E-state index is 0.103. The van der Waals surface area contributed by atoms with Crippen LogP contribution in [0.15, 0.2) is 66.7 Å². The summed E-state index contributed by atoms with van der Waals surface area (Å²) in [7, 11) is 0. The third-order valence-corrected chi connectivity index (χ3v) is 6.42. The van der Waals surface area contributed by atoms with E-state index in [1.807, 2.05) is 60.7 Å². The van der Waals surface area contributed by atoms with Gasteiger partial charge in [-0.1, -0.05) is 67.9 Å². The molecule has 34 heavy (non-hydrogen) atoms. The van der Waals surface area contributed by atoms with Crippen molar-refractivity contribution in [1.82, 2.24) is 10.2 Å². The van der Waals surface area contributed by atoms with Gasteiger partial charge in [-0.3, -0.25) is 19.3 Å². The molecule has 0 saturated carbocycles. The van der Waals surface area contributed by atoms with E-state index in [4.69, 9.17) is 0 Å². The molecule has 1 atom stereocenters. The molecule has 0 saturated heterocycles. The second-order valence-corrected chi connectivity index (χ2v) is 8.72. The normalized spacial score (nSPS) is 13.2. The molecule has 0 aliphatic carbocycles. The number of carbonyl (C=O) groups is 3. The van der Waals surface area contributed by atoms with Crippen LogP contribution in [0.4, 0.5) is 5.69 Å². The topological polar surface area (TPSA) is 69.7 Å². The van der Waals surface area contributed by atoms with Crippen LogP contribution in [0.25, 0.3) is 10.8 Å². The zero-order chi connectivity index (χ0) is 24.1. The lowest BCUT2D eigenvalue weighted by Gasteiger charge is -2.30. The standard InChI is InChI=1S/C28H31N3O3/c1-3-4-17-29-27(33)20(2)30(18-16-21-10-6-5-7-11-21)25(32)19-31-24-15-9-13-22-12-8-14-23(26(22)24)28(31)34/h5-15,20H,3-4,16-19H2,1-2H3,(H,29,33)/t20-/m1/s1. The average molecular weight is 458 g/mol. The SMILES string of the molecule is CCCCNC(=O)[C@@H](C)N(CCc1ccccc1)C(=O)CN1C(=O)c2cccc3cccc1c23. The molecule has 6 heteroatoms. The van der Waals surface area contributed by atoms with Crippen molar-refractivity contribution in [3.8, 4) is 0 Å². The van der Waals surface area contributed by atoms with Crippen LogP contribution in [0, 0.1) is 0 Å². The van der Waals surface area contributed by atoms with Crippen LogP contribution in [-0.4, -0.2) is 48.3 Å². The average Bonchev–Trinajstić information content (AvgIpc) is 3.12. The van der Waals surface area contributed by atoms with Crippen molar-refractivity contribution < 1.29 is 14.4 Å². The highest BCUT2D eigenvalue weighted by molar-refractivity contribution is 6.26. The first-order chi connectivity index (χ1) is 16.5. The number of carbonyl (C=O) groups excluding carboxylic acids is 3. The second kappa shape index (κ2) is 10.5. The Bertz CT molecular complexity index is 1190. The summed E-state index contributed by atoms with van der Waals surface area (Å²) in [5.41, 5.74) is 2.45. The Morgan fingerprint density at radius 3 is 2.47 bits per heavy atom. The van der Waals surface area contributed by atoms with Gasteiger partial charge in [0.25, 0.3) is 5.91 Å². The lowest BCUT2D eigenvalue weighted by atomic mass is 10.1. The predicted molar refractivity (Wildman–Crippen MR) is 135 cm³/mol. The fourth-order valence-corrected chi connectivity index (χ4v) is 4.47. The fourth-order valence-electron chi connectivity index (χ4n) is 4.47. The number of anilines is 1. The van der Waals surface area contributed by atoms with Crippen molar-refractivity contribution in [1.29, 1.82) is 0 Å². The highest BCUT2D eigenvalue weighted by Crippen LogP contribution is 2.37. The van der Waals surface area contributed by atoms with Crippen LogP contribution in [0.3, 0.4) is 0 Å². The summed E-state index contributed by atoms with van der Waals surface area (Å²) < 4.78 is 0. The van der Waals surface area contributed by atoms with E-state index < -0.39 is 6.04 Å². The lowest BCUT2D eigenvalue weighted by Crippen LogP contribution is -2.52. The summed E-state index contributed by atoms with van der Waals surface area (Å²) in [6, 6.07) is 20.6. The number of rotatable bonds is 10. The minimum atomic E-state index is -0.635. The fraction of sp³-hybridized carbons (Fsp3) is 0.321. The van der Waals surface area contributed by atoms with Gasteiger partial charge in [0.05, 0.1) is 5.69 Å². The summed E-state index contributed by atoms with van der Waals surface area (Å²) in [5.74, 6) is -0.594. The van der Waals surface area contributed by atoms with Gasteiger partial charge < -0.3 is 10.2 Å². The van der Waals surface area contributed by atoms with E-state index in [-0.39, 0.29) is 24.3 Å². The van der Waals surface area contributed by atoms with Crippen LogP contribution in [0.1, 0.15) is 42.6 Å². The van der Waals surface area contributed by atoms with Crippen molar-refractivity contribution in [2.45, 2.75) is 39.2 Å². The van der Waals surface area contributed by atoms with Gasteiger partial charge in [-0.05, 0) is 42.8 Å². The maximum Gasteiger partial charge on any atom is 0.259 e. The molecule has 1 heterocycles. The van der Waals surface area contributed by atoms with Crippen LogP contribution < -0.4 is 10.2 Å². The Labute approximate surface area is 200 Å². The van der Waals surface area contributed by atoms with E-state index in [1.165, 1.54) is 4.90 Å². The highest BCUT2D eigenvalue weighted by atomic mass is 16.2. The molecular formula is C28H31N3O3. The van der Waals surface area contributed by atoms with Crippen molar-refractivity contribution >= 4 is 34.2 Å². The van der Waals surface area contributed by atoms with Gasteiger partial charge in [0.2, 0.25) is 11.8 Å². The summed E-state index contributed by atoms with van der Waals surface area (Å²) in [4.78, 5) is 42.7. The van der Waals surface area contributed by atoms with E-state index in [9.17, 15) is 14.4 Å². The summed E-state index contributed by atoms with van der Waals surface area (Å²) in [6.07, 6.45) is 2.50. The molecule has 1 N–H and O–H groups in total. The van der Waals surface area contributed by atoms with E-state index in [0.29, 0.717) is 25.1 Å². The predicted octanol–water partition coefficient (Wildman–Crippen LogP) is 4.18. The van der Waals surface area contributed by atoms with Gasteiger partial charge in [0.15, 0.2) is 0 Å². The Hall–Kier alpha value is -3.67. The van der Waals surface area contributed by atoms with Gasteiger partial charge in [-0.25, -0.2) is 0 Å². The minimum Gasteiger partial charge on any atom is -0.354 e. The molecule has 3 amide bonds. The van der Waals surface area contributed by atoms with Gasteiger partial charge in [-0.2, -0.15) is 0 Å². The van der Waals surface area contributed by atoms with Gasteiger partial charge in [-0.15, -0.1) is 0 Å². The van der Waals surface area contributed by atoms with Crippen molar-refractivity contribution in [2.75, 3.05) is 24.5 Å². The molecule has 1 aliphatic heterocycles. The molecule has 3 aromatic rings. The number of hydrogen-bond acceptors (Lipinski definition) is 3. The summed E-state index contributed by atoms with van der Waals surface area (Å²) in [5, 5.41) is 4.79. The molecule has 0 radical (unpaired) electrons. The first-order valence-electron chi connectivity index (χ1n) is 12.0. The maximum absolute atomic E-state index is 13.6. The molecular weight excluding hydrogens is 426 g/mol. The third-order valence-electron chi connectivity index (χ3n) is 6.42. The Morgan fingerprint density at radius 2 is 1.74 bits per heavy atom. The number of benzene rings is 3. The maximum atomic E-state index is 13.6. The molecule has 0 unspecified atom stereocenters. The molecule has 3 aromatic carbocycles. The zero-order valence-corrected chi connectivity index (χ0v) is 19.8. The quantitative estimate of drug-likeness (QED) is 0.465. The van der Waals surface area contributed by atoms with E-state index >= 15 is 0 Å². The Morgan fingerprint density at radius 1 is 1.00 bits per heavy atom. The monoisotopic (exact) mass is 457 g/mol. The van der Waals surface area contributed by atoms with Gasteiger partial charge in [0, 0.05) is 24.0 Å². The van der Waals surface area contributed by atoms with Crippen molar-refractivity contribution in [3.63, 3.8) is 0 Å². The molecule has 0 bridgehead atoms. The third kappa shape index (κ3) is 4.81. The smallest absolute Gasteiger partial charge is 0.259 e. The molecule has 0 spiro atoms. The largest absolute Gasteiger partial charge is 0.354 e. The molecule has 0 aromatic heterocycles. The van der Waals surface area contributed by atoms with Crippen molar-refractivity contribution in [3.05, 3.63) is 77.9 Å². The first kappa shape index (κ1) is 23.5. The molecule has 0 fully saturated rings. The van der Waals surface area contributed by atoms with E-state index in [0.717, 1.165) is 34.9 Å². The van der Waals surface area contributed by atoms with Crippen LogP contribution in [-0.2, 0) is 16.0 Å². The molecule has 1 aliphatic rings. The Kier molecular flexibility index (Phi) is 7.26. The molecule has 6 nitrogen and oxygen atoms in total. The number of hydrogen-bond donors (Lipinski definition) is 1. The number of unbranched alkanes of at least 4 members (excludes halogenated alkanes) is 1. The number of nitrogens with zero attached hydrogens (tertiary/aromatic N) is 2. The highest BCUT2D eigenvalue weighted by Gasteiger charge is 2.34. The molecule has 176 valence electrons.